The lowest BCUT2D eigenvalue weighted by atomic mass is 10.4. The van der Waals surface area contributed by atoms with Crippen LogP contribution in [0.1, 0.15) is 5.69 Å². The fraction of sp³-hybridized carbons (Fsp3) is 0.429. The van der Waals surface area contributed by atoms with E-state index in [4.69, 9.17) is 0 Å². The molecule has 1 heterocycles. The van der Waals surface area contributed by atoms with Gasteiger partial charge in [0.15, 0.2) is 0 Å². The standard InChI is InChI=1S/C7H11N3O2.ClH/c1-10(2)4-5-3-6(11)9-7(12)8-5;/h3H,4H2,1-2H3,(H2,8,9,11,12);1H. The number of nitrogens with zero attached hydrogens (tertiary/aromatic N) is 1. The van der Waals surface area contributed by atoms with Crippen molar-refractivity contribution in [3.8, 4) is 0 Å². The first kappa shape index (κ1) is 11.9. The number of halogens is 1. The highest BCUT2D eigenvalue weighted by atomic mass is 35.5. The fourth-order valence-corrected chi connectivity index (χ4v) is 0.945. The van der Waals surface area contributed by atoms with Crippen molar-refractivity contribution in [1.82, 2.24) is 14.9 Å². The first-order chi connectivity index (χ1) is 5.58. The molecule has 6 heteroatoms. The van der Waals surface area contributed by atoms with Crippen molar-refractivity contribution in [3.63, 3.8) is 0 Å². The van der Waals surface area contributed by atoms with E-state index >= 15 is 0 Å². The predicted molar refractivity (Wildman–Crippen MR) is 52.3 cm³/mol. The monoisotopic (exact) mass is 205 g/mol. The zero-order chi connectivity index (χ0) is 9.14. The number of rotatable bonds is 2. The Kier molecular flexibility index (Phi) is 4.44. The molecule has 0 saturated heterocycles. The molecule has 1 rings (SSSR count). The van der Waals surface area contributed by atoms with E-state index in [2.05, 4.69) is 9.97 Å². The van der Waals surface area contributed by atoms with Crippen LogP contribution in [0.25, 0.3) is 0 Å². The molecule has 0 aliphatic carbocycles. The molecule has 0 spiro atoms. The third-order valence-corrected chi connectivity index (χ3v) is 1.30. The zero-order valence-corrected chi connectivity index (χ0v) is 8.27. The molecule has 1 aromatic rings. The van der Waals surface area contributed by atoms with Crippen LogP contribution in [0.15, 0.2) is 15.7 Å². The molecule has 74 valence electrons. The summed E-state index contributed by atoms with van der Waals surface area (Å²) in [6.07, 6.45) is 0. The summed E-state index contributed by atoms with van der Waals surface area (Å²) in [5.74, 6) is 0. The average Bonchev–Trinajstić information content (AvgIpc) is 1.81. The quantitative estimate of drug-likeness (QED) is 0.687. The van der Waals surface area contributed by atoms with E-state index in [1.165, 1.54) is 6.07 Å². The highest BCUT2D eigenvalue weighted by Crippen LogP contribution is 1.89. The Hall–Kier alpha value is -1.07. The molecule has 1 aromatic heterocycles. The zero-order valence-electron chi connectivity index (χ0n) is 7.46. The first-order valence-corrected chi connectivity index (χ1v) is 3.55. The molecule has 0 amide bonds. The molecule has 5 nitrogen and oxygen atoms in total. The topological polar surface area (TPSA) is 69.0 Å². The van der Waals surface area contributed by atoms with Crippen LogP contribution in [-0.4, -0.2) is 29.0 Å². The number of aromatic nitrogens is 2. The largest absolute Gasteiger partial charge is 0.325 e. The number of H-pyrrole nitrogens is 2. The third kappa shape index (κ3) is 3.91. The third-order valence-electron chi connectivity index (χ3n) is 1.30. The Morgan fingerprint density at radius 1 is 1.31 bits per heavy atom. The van der Waals surface area contributed by atoms with E-state index in [1.54, 1.807) is 0 Å². The van der Waals surface area contributed by atoms with E-state index in [-0.39, 0.29) is 18.0 Å². The summed E-state index contributed by atoms with van der Waals surface area (Å²) in [6.45, 7) is 0.555. The van der Waals surface area contributed by atoms with Crippen molar-refractivity contribution in [3.05, 3.63) is 32.6 Å². The van der Waals surface area contributed by atoms with Crippen LogP contribution in [0.3, 0.4) is 0 Å². The van der Waals surface area contributed by atoms with Gasteiger partial charge in [-0.1, -0.05) is 0 Å². The molecule has 2 N–H and O–H groups in total. The molecule has 0 atom stereocenters. The van der Waals surface area contributed by atoms with E-state index in [0.717, 1.165) is 0 Å². The normalized spacial score (nSPS) is 9.77. The predicted octanol–water partition coefficient (Wildman–Crippen LogP) is -0.453. The molecule has 0 aliphatic heterocycles. The van der Waals surface area contributed by atoms with Crippen molar-refractivity contribution in [2.24, 2.45) is 0 Å². The highest BCUT2D eigenvalue weighted by molar-refractivity contribution is 5.85. The van der Waals surface area contributed by atoms with E-state index in [9.17, 15) is 9.59 Å². The highest BCUT2D eigenvalue weighted by Gasteiger charge is 1.97. The summed E-state index contributed by atoms with van der Waals surface area (Å²) in [4.78, 5) is 28.1. The first-order valence-electron chi connectivity index (χ1n) is 3.55. The van der Waals surface area contributed by atoms with Gasteiger partial charge in [0.1, 0.15) is 0 Å². The minimum atomic E-state index is -0.459. The molecule has 0 unspecified atom stereocenters. The number of hydrogen-bond acceptors (Lipinski definition) is 3. The lowest BCUT2D eigenvalue weighted by Crippen LogP contribution is -2.25. The van der Waals surface area contributed by atoms with Crippen molar-refractivity contribution in [2.45, 2.75) is 6.54 Å². The molecule has 0 aromatic carbocycles. The van der Waals surface area contributed by atoms with Gasteiger partial charge in [0.2, 0.25) is 0 Å². The molecule has 0 bridgehead atoms. The van der Waals surface area contributed by atoms with Crippen LogP contribution in [0.5, 0.6) is 0 Å². The number of aromatic amines is 2. The van der Waals surface area contributed by atoms with Gasteiger partial charge in [-0.3, -0.25) is 9.78 Å². The lowest BCUT2D eigenvalue weighted by Gasteiger charge is -2.07. The molecule has 0 saturated carbocycles. The van der Waals surface area contributed by atoms with Crippen molar-refractivity contribution in [2.75, 3.05) is 14.1 Å². The molecular weight excluding hydrogens is 194 g/mol. The maximum absolute atomic E-state index is 10.8. The SMILES string of the molecule is CN(C)Cc1cc(=O)[nH]c(=O)[nH]1.Cl. The summed E-state index contributed by atoms with van der Waals surface area (Å²) in [7, 11) is 3.72. The van der Waals surface area contributed by atoms with Gasteiger partial charge >= 0.3 is 5.69 Å². The van der Waals surface area contributed by atoms with Crippen molar-refractivity contribution >= 4 is 12.4 Å². The number of hydrogen-bond donors (Lipinski definition) is 2. The molecular formula is C7H12ClN3O2. The van der Waals surface area contributed by atoms with Gasteiger partial charge in [-0.2, -0.15) is 0 Å². The fourth-order valence-electron chi connectivity index (χ4n) is 0.945. The Labute approximate surface area is 81.2 Å². The van der Waals surface area contributed by atoms with Crippen LogP contribution in [0, 0.1) is 0 Å². The van der Waals surface area contributed by atoms with E-state index in [0.29, 0.717) is 12.2 Å². The molecule has 13 heavy (non-hydrogen) atoms. The van der Waals surface area contributed by atoms with Gasteiger partial charge < -0.3 is 9.88 Å². The summed E-state index contributed by atoms with van der Waals surface area (Å²) >= 11 is 0. The minimum absolute atomic E-state index is 0. The van der Waals surface area contributed by atoms with Crippen molar-refractivity contribution < 1.29 is 0 Å². The molecule has 0 radical (unpaired) electrons. The number of nitrogens with one attached hydrogen (secondary N) is 2. The van der Waals surface area contributed by atoms with Gasteiger partial charge in [0, 0.05) is 18.3 Å². The Balaban J connectivity index is 0.00000144. The second-order valence-corrected chi connectivity index (χ2v) is 2.85. The van der Waals surface area contributed by atoms with E-state index in [1.807, 2.05) is 19.0 Å². The minimum Gasteiger partial charge on any atom is -0.310 e. The lowest BCUT2D eigenvalue weighted by molar-refractivity contribution is 0.395. The van der Waals surface area contributed by atoms with Gasteiger partial charge in [-0.15, -0.1) is 12.4 Å². The second kappa shape index (κ2) is 4.84. The van der Waals surface area contributed by atoms with Crippen LogP contribution in [0.2, 0.25) is 0 Å². The maximum Gasteiger partial charge on any atom is 0.325 e. The average molecular weight is 206 g/mol. The summed E-state index contributed by atoms with van der Waals surface area (Å²) in [5, 5.41) is 0. The Morgan fingerprint density at radius 2 is 1.92 bits per heavy atom. The second-order valence-electron chi connectivity index (χ2n) is 2.85. The summed E-state index contributed by atoms with van der Waals surface area (Å²) in [6, 6.07) is 1.38. The Bertz CT molecular complexity index is 340. The molecule has 0 fully saturated rings. The van der Waals surface area contributed by atoms with Crippen LogP contribution in [-0.2, 0) is 6.54 Å². The summed E-state index contributed by atoms with van der Waals surface area (Å²) < 4.78 is 0. The Morgan fingerprint density at radius 3 is 2.38 bits per heavy atom. The van der Waals surface area contributed by atoms with Crippen LogP contribution >= 0.6 is 12.4 Å². The van der Waals surface area contributed by atoms with Gasteiger partial charge in [-0.25, -0.2) is 4.79 Å². The van der Waals surface area contributed by atoms with Crippen LogP contribution < -0.4 is 11.2 Å². The van der Waals surface area contributed by atoms with E-state index < -0.39 is 5.69 Å². The van der Waals surface area contributed by atoms with Crippen LogP contribution in [0.4, 0.5) is 0 Å². The maximum atomic E-state index is 10.8. The van der Waals surface area contributed by atoms with Gasteiger partial charge in [-0.05, 0) is 14.1 Å². The smallest absolute Gasteiger partial charge is 0.310 e. The van der Waals surface area contributed by atoms with Crippen molar-refractivity contribution in [1.29, 1.82) is 0 Å². The molecule has 0 aliphatic rings. The summed E-state index contributed by atoms with van der Waals surface area (Å²) in [5.41, 5.74) is -0.205. The van der Waals surface area contributed by atoms with Gasteiger partial charge in [0.05, 0.1) is 0 Å². The van der Waals surface area contributed by atoms with Gasteiger partial charge in [0.25, 0.3) is 5.56 Å².